The van der Waals surface area contributed by atoms with Crippen LogP contribution in [-0.2, 0) is 11.2 Å². The molecule has 0 spiro atoms. The summed E-state index contributed by atoms with van der Waals surface area (Å²) in [6.45, 7) is 4.00. The molecule has 2 aromatic rings. The van der Waals surface area contributed by atoms with E-state index in [1.54, 1.807) is 25.3 Å². The molecule has 1 N–H and O–H groups in total. The molecule has 1 amide bonds. The molecular formula is C19H22ClNO3. The van der Waals surface area contributed by atoms with Gasteiger partial charge in [-0.05, 0) is 48.7 Å². The minimum absolute atomic E-state index is 0.210. The number of aryl methyl sites for hydroxylation is 1. The number of halogens is 1. The molecule has 0 radical (unpaired) electrons. The third-order valence-corrected chi connectivity index (χ3v) is 3.99. The molecule has 1 unspecified atom stereocenters. The van der Waals surface area contributed by atoms with Gasteiger partial charge < -0.3 is 14.8 Å². The van der Waals surface area contributed by atoms with Gasteiger partial charge in [0.1, 0.15) is 11.5 Å². The van der Waals surface area contributed by atoms with Gasteiger partial charge in [-0.2, -0.15) is 0 Å². The van der Waals surface area contributed by atoms with Crippen molar-refractivity contribution in [3.05, 3.63) is 53.1 Å². The molecule has 0 bridgehead atoms. The minimum atomic E-state index is -0.571. The Morgan fingerprint density at radius 2 is 1.88 bits per heavy atom. The molecule has 4 nitrogen and oxygen atoms in total. The van der Waals surface area contributed by atoms with Crippen LogP contribution in [0.1, 0.15) is 25.8 Å². The van der Waals surface area contributed by atoms with Gasteiger partial charge in [0.15, 0.2) is 6.10 Å². The summed E-state index contributed by atoms with van der Waals surface area (Å²) in [5, 5.41) is 3.27. The first-order valence-electron chi connectivity index (χ1n) is 7.97. The van der Waals surface area contributed by atoms with Crippen LogP contribution >= 0.6 is 11.6 Å². The molecule has 1 atom stereocenters. The van der Waals surface area contributed by atoms with Crippen LogP contribution in [0, 0.1) is 0 Å². The zero-order valence-electron chi connectivity index (χ0n) is 14.1. The van der Waals surface area contributed by atoms with Gasteiger partial charge in [-0.25, -0.2) is 0 Å². The van der Waals surface area contributed by atoms with Crippen molar-refractivity contribution in [1.82, 2.24) is 0 Å². The highest BCUT2D eigenvalue weighted by atomic mass is 35.5. The fourth-order valence-electron chi connectivity index (χ4n) is 2.26. The van der Waals surface area contributed by atoms with Gasteiger partial charge in [0.2, 0.25) is 0 Å². The number of methoxy groups -OCH3 is 1. The van der Waals surface area contributed by atoms with Gasteiger partial charge in [0, 0.05) is 5.69 Å². The topological polar surface area (TPSA) is 47.6 Å². The summed E-state index contributed by atoms with van der Waals surface area (Å²) in [4.78, 5) is 12.4. The molecule has 128 valence electrons. The van der Waals surface area contributed by atoms with Crippen molar-refractivity contribution >= 4 is 23.2 Å². The summed E-state index contributed by atoms with van der Waals surface area (Å²) in [6.07, 6.45) is 0.958. The normalized spacial score (nSPS) is 11.7. The lowest BCUT2D eigenvalue weighted by Crippen LogP contribution is -2.32. The smallest absolute Gasteiger partial charge is 0.265 e. The lowest BCUT2D eigenvalue weighted by atomic mass is 10.1. The van der Waals surface area contributed by atoms with Crippen LogP contribution in [0.5, 0.6) is 11.5 Å². The first-order chi connectivity index (χ1) is 11.6. The molecule has 2 rings (SSSR count). The van der Waals surface area contributed by atoms with E-state index in [-0.39, 0.29) is 5.91 Å². The summed E-state index contributed by atoms with van der Waals surface area (Å²) in [5.41, 5.74) is 1.84. The predicted octanol–water partition coefficient (Wildman–Crippen LogP) is 4.71. The summed E-state index contributed by atoms with van der Waals surface area (Å²) >= 11 is 6.08. The van der Waals surface area contributed by atoms with E-state index in [0.29, 0.717) is 28.6 Å². The van der Waals surface area contributed by atoms with Gasteiger partial charge in [-0.1, -0.05) is 37.6 Å². The van der Waals surface area contributed by atoms with Crippen LogP contribution in [0.15, 0.2) is 42.5 Å². The van der Waals surface area contributed by atoms with Gasteiger partial charge in [-0.3, -0.25) is 4.79 Å². The fourth-order valence-corrected chi connectivity index (χ4v) is 2.51. The molecule has 0 aliphatic carbocycles. The number of ether oxygens (including phenoxy) is 2. The number of carbonyl (C=O) groups is 1. The van der Waals surface area contributed by atoms with Crippen LogP contribution < -0.4 is 14.8 Å². The zero-order chi connectivity index (χ0) is 17.5. The first kappa shape index (κ1) is 18.1. The molecule has 0 saturated carbocycles. The van der Waals surface area contributed by atoms with Crippen molar-refractivity contribution in [2.45, 2.75) is 32.8 Å². The zero-order valence-corrected chi connectivity index (χ0v) is 14.9. The van der Waals surface area contributed by atoms with Gasteiger partial charge in [0.25, 0.3) is 5.91 Å². The van der Waals surface area contributed by atoms with E-state index >= 15 is 0 Å². The number of hydrogen-bond acceptors (Lipinski definition) is 3. The lowest BCUT2D eigenvalue weighted by Gasteiger charge is -2.18. The monoisotopic (exact) mass is 347 g/mol. The highest BCUT2D eigenvalue weighted by Gasteiger charge is 2.19. The number of amides is 1. The number of anilines is 1. The van der Waals surface area contributed by atoms with Crippen molar-refractivity contribution in [3.8, 4) is 11.5 Å². The van der Waals surface area contributed by atoms with Crippen molar-refractivity contribution < 1.29 is 14.3 Å². The predicted molar refractivity (Wildman–Crippen MR) is 97.2 cm³/mol. The van der Waals surface area contributed by atoms with Crippen molar-refractivity contribution in [1.29, 1.82) is 0 Å². The Morgan fingerprint density at radius 3 is 2.42 bits per heavy atom. The Morgan fingerprint density at radius 1 is 1.17 bits per heavy atom. The third kappa shape index (κ3) is 4.65. The molecule has 2 aromatic carbocycles. The Balaban J connectivity index is 2.03. The Hall–Kier alpha value is -2.20. The second kappa shape index (κ2) is 8.60. The third-order valence-electron chi connectivity index (χ3n) is 3.69. The number of nitrogens with one attached hydrogen (secondary N) is 1. The van der Waals surface area contributed by atoms with Crippen LogP contribution in [0.25, 0.3) is 0 Å². The Labute approximate surface area is 147 Å². The molecule has 0 aliphatic heterocycles. The second-order valence-electron chi connectivity index (χ2n) is 5.35. The molecule has 0 aromatic heterocycles. The standard InChI is InChI=1S/C19H22ClNO3/c1-4-13-6-9-15(10-7-13)24-17(5-2)19(22)21-14-8-11-18(23-3)16(20)12-14/h6-12,17H,4-5H2,1-3H3,(H,21,22). The highest BCUT2D eigenvalue weighted by Crippen LogP contribution is 2.27. The Bertz CT molecular complexity index is 686. The Kier molecular flexibility index (Phi) is 6.50. The van der Waals surface area contributed by atoms with Crippen LogP contribution in [0.2, 0.25) is 5.02 Å². The van der Waals surface area contributed by atoms with Crippen LogP contribution in [0.3, 0.4) is 0 Å². The average Bonchev–Trinajstić information content (AvgIpc) is 2.60. The van der Waals surface area contributed by atoms with Gasteiger partial charge in [-0.15, -0.1) is 0 Å². The molecule has 0 heterocycles. The van der Waals surface area contributed by atoms with E-state index in [9.17, 15) is 4.79 Å². The number of rotatable bonds is 7. The van der Waals surface area contributed by atoms with Gasteiger partial charge in [0.05, 0.1) is 12.1 Å². The molecule has 5 heteroatoms. The van der Waals surface area contributed by atoms with Crippen LogP contribution in [0.4, 0.5) is 5.69 Å². The largest absolute Gasteiger partial charge is 0.495 e. The van der Waals surface area contributed by atoms with Crippen molar-refractivity contribution in [3.63, 3.8) is 0 Å². The number of benzene rings is 2. The molecule has 0 fully saturated rings. The van der Waals surface area contributed by atoms with E-state index in [1.807, 2.05) is 31.2 Å². The SMILES string of the molecule is CCc1ccc(OC(CC)C(=O)Nc2ccc(OC)c(Cl)c2)cc1. The fraction of sp³-hybridized carbons (Fsp3) is 0.316. The summed E-state index contributed by atoms with van der Waals surface area (Å²) in [5.74, 6) is 1.04. The second-order valence-corrected chi connectivity index (χ2v) is 5.76. The average molecular weight is 348 g/mol. The summed E-state index contributed by atoms with van der Waals surface area (Å²) in [6, 6.07) is 12.9. The molecule has 24 heavy (non-hydrogen) atoms. The molecule has 0 saturated heterocycles. The first-order valence-corrected chi connectivity index (χ1v) is 8.35. The lowest BCUT2D eigenvalue weighted by molar-refractivity contribution is -0.122. The quantitative estimate of drug-likeness (QED) is 0.789. The van der Waals surface area contributed by atoms with E-state index < -0.39 is 6.10 Å². The maximum Gasteiger partial charge on any atom is 0.265 e. The number of carbonyl (C=O) groups excluding carboxylic acids is 1. The molecule has 0 aliphatic rings. The van der Waals surface area contributed by atoms with Gasteiger partial charge >= 0.3 is 0 Å². The number of hydrogen-bond donors (Lipinski definition) is 1. The van der Waals surface area contributed by atoms with Crippen molar-refractivity contribution in [2.24, 2.45) is 0 Å². The highest BCUT2D eigenvalue weighted by molar-refractivity contribution is 6.32. The maximum absolute atomic E-state index is 12.4. The minimum Gasteiger partial charge on any atom is -0.495 e. The van der Waals surface area contributed by atoms with E-state index in [0.717, 1.165) is 6.42 Å². The molecular weight excluding hydrogens is 326 g/mol. The summed E-state index contributed by atoms with van der Waals surface area (Å²) < 4.78 is 10.9. The van der Waals surface area contributed by atoms with Crippen LogP contribution in [-0.4, -0.2) is 19.1 Å². The van der Waals surface area contributed by atoms with E-state index in [2.05, 4.69) is 12.2 Å². The summed E-state index contributed by atoms with van der Waals surface area (Å²) in [7, 11) is 1.55. The van der Waals surface area contributed by atoms with E-state index in [1.165, 1.54) is 5.56 Å². The maximum atomic E-state index is 12.4. The van der Waals surface area contributed by atoms with Crippen molar-refractivity contribution in [2.75, 3.05) is 12.4 Å². The van der Waals surface area contributed by atoms with E-state index in [4.69, 9.17) is 21.1 Å².